The number of hydrogen-bond donors (Lipinski definition) is 3. The van der Waals surface area contributed by atoms with Gasteiger partial charge >= 0.3 is 0 Å². The van der Waals surface area contributed by atoms with Crippen molar-refractivity contribution in [3.05, 3.63) is 48.3 Å². The SMILES string of the molecule is CN(C)c1ccc(C(=O)Nc2ccc(-c3nn(C[C@@H]4CCCN4)c4ncnc(N)c34)c3c2OCO3)cc1. The van der Waals surface area contributed by atoms with Gasteiger partial charge in [-0.3, -0.25) is 4.79 Å². The first-order valence-corrected chi connectivity index (χ1v) is 12.2. The van der Waals surface area contributed by atoms with Crippen LogP contribution in [0.1, 0.15) is 23.2 Å². The summed E-state index contributed by atoms with van der Waals surface area (Å²) in [5.41, 5.74) is 10.3. The van der Waals surface area contributed by atoms with Gasteiger partial charge in [0.05, 0.1) is 17.6 Å². The largest absolute Gasteiger partial charge is 0.453 e. The van der Waals surface area contributed by atoms with Crippen molar-refractivity contribution in [1.29, 1.82) is 0 Å². The van der Waals surface area contributed by atoms with Crippen molar-refractivity contribution >= 4 is 34.1 Å². The van der Waals surface area contributed by atoms with Crippen LogP contribution in [0.4, 0.5) is 17.2 Å². The van der Waals surface area contributed by atoms with E-state index in [0.29, 0.717) is 63.4 Å². The van der Waals surface area contributed by atoms with Crippen molar-refractivity contribution in [2.45, 2.75) is 25.4 Å². The highest BCUT2D eigenvalue weighted by atomic mass is 16.7. The van der Waals surface area contributed by atoms with Gasteiger partial charge in [0, 0.05) is 37.0 Å². The van der Waals surface area contributed by atoms with Crippen LogP contribution in [-0.2, 0) is 6.54 Å². The van der Waals surface area contributed by atoms with E-state index in [1.807, 2.05) is 41.9 Å². The summed E-state index contributed by atoms with van der Waals surface area (Å²) in [6, 6.07) is 11.3. The Labute approximate surface area is 213 Å². The van der Waals surface area contributed by atoms with E-state index < -0.39 is 0 Å². The van der Waals surface area contributed by atoms with E-state index in [9.17, 15) is 4.79 Å². The minimum Gasteiger partial charge on any atom is -0.453 e. The van der Waals surface area contributed by atoms with Crippen LogP contribution in [-0.4, -0.2) is 59.1 Å². The molecule has 6 rings (SSSR count). The normalized spacial score (nSPS) is 16.3. The van der Waals surface area contributed by atoms with Gasteiger partial charge in [-0.15, -0.1) is 0 Å². The molecule has 0 radical (unpaired) electrons. The van der Waals surface area contributed by atoms with Crippen LogP contribution in [0, 0.1) is 0 Å². The maximum Gasteiger partial charge on any atom is 0.255 e. The average molecular weight is 501 g/mol. The Balaban J connectivity index is 1.36. The van der Waals surface area contributed by atoms with Gasteiger partial charge in [-0.2, -0.15) is 5.10 Å². The second-order valence-electron chi connectivity index (χ2n) is 9.40. The third-order valence-electron chi connectivity index (χ3n) is 6.78. The lowest BCUT2D eigenvalue weighted by Crippen LogP contribution is -2.27. The first kappa shape index (κ1) is 23.0. The molecule has 4 aromatic rings. The number of nitrogens with two attached hydrogens (primary N) is 1. The zero-order valence-corrected chi connectivity index (χ0v) is 20.7. The zero-order valence-electron chi connectivity index (χ0n) is 20.7. The first-order chi connectivity index (χ1) is 18.0. The molecule has 1 atom stereocenters. The Hall–Kier alpha value is -4.38. The standard InChI is InChI=1S/C26H28N8O3/c1-33(2)17-7-5-15(6-8-17)26(35)31-19-10-9-18(22-23(19)37-14-36-22)21-20-24(27)29-13-30-25(20)34(32-21)12-16-4-3-11-28-16/h5-10,13,16,28H,3-4,11-12,14H2,1-2H3,(H,31,35)(H2,27,29,30)/t16-/m0/s1. The van der Waals surface area contributed by atoms with E-state index >= 15 is 0 Å². The molecule has 0 spiro atoms. The van der Waals surface area contributed by atoms with Crippen molar-refractivity contribution in [3.8, 4) is 22.8 Å². The van der Waals surface area contributed by atoms with Crippen LogP contribution in [0.15, 0.2) is 42.7 Å². The molecule has 2 aromatic carbocycles. The molecular formula is C26H28N8O3. The highest BCUT2D eigenvalue weighted by Crippen LogP contribution is 2.47. The molecular weight excluding hydrogens is 472 g/mol. The predicted molar refractivity (Wildman–Crippen MR) is 141 cm³/mol. The van der Waals surface area contributed by atoms with Crippen LogP contribution >= 0.6 is 0 Å². The average Bonchev–Trinajstić information content (AvgIpc) is 3.66. The Morgan fingerprint density at radius 2 is 1.97 bits per heavy atom. The van der Waals surface area contributed by atoms with Crippen molar-refractivity contribution < 1.29 is 14.3 Å². The van der Waals surface area contributed by atoms with E-state index in [1.54, 1.807) is 18.2 Å². The van der Waals surface area contributed by atoms with Gasteiger partial charge in [-0.1, -0.05) is 0 Å². The number of amides is 1. The fraction of sp³-hybridized carbons (Fsp3) is 0.308. The summed E-state index contributed by atoms with van der Waals surface area (Å²) in [5, 5.41) is 12.0. The number of hydrogen-bond acceptors (Lipinski definition) is 9. The summed E-state index contributed by atoms with van der Waals surface area (Å²) in [7, 11) is 3.91. The number of anilines is 3. The number of rotatable bonds is 6. The highest BCUT2D eigenvalue weighted by Gasteiger charge is 2.28. The zero-order chi connectivity index (χ0) is 25.5. The van der Waals surface area contributed by atoms with Crippen molar-refractivity contribution in [1.82, 2.24) is 25.1 Å². The van der Waals surface area contributed by atoms with Gasteiger partial charge in [-0.25, -0.2) is 14.6 Å². The number of nitrogens with one attached hydrogen (secondary N) is 2. The molecule has 0 unspecified atom stereocenters. The number of fused-ring (bicyclic) bond motifs is 2. The molecule has 1 saturated heterocycles. The number of benzene rings is 2. The summed E-state index contributed by atoms with van der Waals surface area (Å²) in [6.07, 6.45) is 3.67. The van der Waals surface area contributed by atoms with Crippen LogP contribution in [0.25, 0.3) is 22.3 Å². The van der Waals surface area contributed by atoms with E-state index in [0.717, 1.165) is 25.1 Å². The summed E-state index contributed by atoms with van der Waals surface area (Å²) in [5.74, 6) is 1.05. The summed E-state index contributed by atoms with van der Waals surface area (Å²) >= 11 is 0. The second-order valence-corrected chi connectivity index (χ2v) is 9.40. The molecule has 2 aromatic heterocycles. The molecule has 0 aliphatic carbocycles. The van der Waals surface area contributed by atoms with Gasteiger partial charge in [0.1, 0.15) is 17.8 Å². The topological polar surface area (TPSA) is 132 Å². The maximum absolute atomic E-state index is 13.0. The lowest BCUT2D eigenvalue weighted by atomic mass is 10.1. The van der Waals surface area contributed by atoms with Gasteiger partial charge in [0.25, 0.3) is 5.91 Å². The first-order valence-electron chi connectivity index (χ1n) is 12.2. The van der Waals surface area contributed by atoms with Crippen molar-refractivity contribution in [3.63, 3.8) is 0 Å². The summed E-state index contributed by atoms with van der Waals surface area (Å²) in [6.45, 7) is 1.70. The van der Waals surface area contributed by atoms with Crippen LogP contribution in [0.2, 0.25) is 0 Å². The number of carbonyl (C=O) groups is 1. The highest BCUT2D eigenvalue weighted by molar-refractivity contribution is 6.06. The monoisotopic (exact) mass is 500 g/mol. The molecule has 2 aliphatic rings. The van der Waals surface area contributed by atoms with E-state index in [-0.39, 0.29) is 12.7 Å². The minimum atomic E-state index is -0.243. The van der Waals surface area contributed by atoms with Gasteiger partial charge in [0.2, 0.25) is 6.79 Å². The van der Waals surface area contributed by atoms with Crippen LogP contribution in [0.3, 0.4) is 0 Å². The van der Waals surface area contributed by atoms with E-state index in [4.69, 9.17) is 20.3 Å². The molecule has 190 valence electrons. The molecule has 4 N–H and O–H groups in total. The summed E-state index contributed by atoms with van der Waals surface area (Å²) < 4.78 is 13.5. The van der Waals surface area contributed by atoms with Gasteiger partial charge in [-0.05, 0) is 55.8 Å². The van der Waals surface area contributed by atoms with Gasteiger partial charge in [0.15, 0.2) is 17.1 Å². The molecule has 11 heteroatoms. The second kappa shape index (κ2) is 9.25. The molecule has 1 amide bonds. The van der Waals surface area contributed by atoms with Gasteiger partial charge < -0.3 is 30.7 Å². The van der Waals surface area contributed by atoms with Crippen LogP contribution < -0.4 is 30.7 Å². The molecule has 1 fully saturated rings. The Morgan fingerprint density at radius 3 is 2.73 bits per heavy atom. The summed E-state index contributed by atoms with van der Waals surface area (Å²) in [4.78, 5) is 23.6. The Kier molecular flexibility index (Phi) is 5.76. The lowest BCUT2D eigenvalue weighted by molar-refractivity contribution is 0.102. The molecule has 0 saturated carbocycles. The molecule has 2 aliphatic heterocycles. The number of carbonyl (C=O) groups excluding carboxylic acids is 1. The minimum absolute atomic E-state index is 0.0311. The fourth-order valence-electron chi connectivity index (χ4n) is 4.85. The molecule has 0 bridgehead atoms. The van der Waals surface area contributed by atoms with E-state index in [1.165, 1.54) is 6.33 Å². The number of nitrogens with zero attached hydrogens (tertiary/aromatic N) is 5. The van der Waals surface area contributed by atoms with Crippen molar-refractivity contribution in [2.24, 2.45) is 0 Å². The Morgan fingerprint density at radius 1 is 1.16 bits per heavy atom. The number of nitrogen functional groups attached to an aromatic ring is 1. The maximum atomic E-state index is 13.0. The number of aromatic nitrogens is 4. The Bertz CT molecular complexity index is 1480. The molecule has 37 heavy (non-hydrogen) atoms. The third kappa shape index (κ3) is 4.16. The quantitative estimate of drug-likeness (QED) is 0.365. The number of ether oxygens (including phenoxy) is 2. The lowest BCUT2D eigenvalue weighted by Gasteiger charge is -2.13. The van der Waals surface area contributed by atoms with Crippen LogP contribution in [0.5, 0.6) is 11.5 Å². The molecule has 4 heterocycles. The predicted octanol–water partition coefficient (Wildman–Crippen LogP) is 2.87. The smallest absolute Gasteiger partial charge is 0.255 e. The third-order valence-corrected chi connectivity index (χ3v) is 6.78. The van der Waals surface area contributed by atoms with Crippen molar-refractivity contribution in [2.75, 3.05) is 43.4 Å². The van der Waals surface area contributed by atoms with E-state index in [2.05, 4.69) is 20.6 Å². The fourth-order valence-corrected chi connectivity index (χ4v) is 4.85. The molecule has 11 nitrogen and oxygen atoms in total.